The molecule has 0 fully saturated rings. The van der Waals surface area contributed by atoms with Gasteiger partial charge in [0.1, 0.15) is 11.0 Å². The third kappa shape index (κ3) is 2.35. The van der Waals surface area contributed by atoms with Gasteiger partial charge in [-0.25, -0.2) is 9.37 Å². The highest BCUT2D eigenvalue weighted by Gasteiger charge is 2.13. The molecular formula is C15H9Cl2FN2. The van der Waals surface area contributed by atoms with Crippen LogP contribution in [0.5, 0.6) is 0 Å². The molecule has 2 aromatic heterocycles. The first-order valence-electron chi connectivity index (χ1n) is 5.94. The molecule has 0 bridgehead atoms. The highest BCUT2D eigenvalue weighted by atomic mass is 35.5. The fourth-order valence-electron chi connectivity index (χ4n) is 2.09. The second-order valence-corrected chi connectivity index (χ2v) is 5.26. The largest absolute Gasteiger partial charge is 0.253 e. The summed E-state index contributed by atoms with van der Waals surface area (Å²) < 4.78 is 14.1. The van der Waals surface area contributed by atoms with Crippen molar-refractivity contribution in [1.29, 1.82) is 0 Å². The van der Waals surface area contributed by atoms with E-state index < -0.39 is 5.82 Å². The molecule has 0 aliphatic heterocycles. The number of halogens is 3. The van der Waals surface area contributed by atoms with Gasteiger partial charge in [-0.1, -0.05) is 23.2 Å². The molecule has 0 saturated heterocycles. The van der Waals surface area contributed by atoms with E-state index in [0.717, 1.165) is 11.1 Å². The summed E-state index contributed by atoms with van der Waals surface area (Å²) in [6.07, 6.45) is 0. The number of aromatic nitrogens is 2. The Balaban J connectivity index is 2.35. The lowest BCUT2D eigenvalue weighted by molar-refractivity contribution is 0.631. The van der Waals surface area contributed by atoms with Crippen LogP contribution in [0.25, 0.3) is 22.2 Å². The second-order valence-electron chi connectivity index (χ2n) is 4.44. The zero-order valence-corrected chi connectivity index (χ0v) is 12.0. The normalized spacial score (nSPS) is 11.0. The topological polar surface area (TPSA) is 25.8 Å². The molecule has 3 aromatic rings. The molecule has 0 atom stereocenters. The van der Waals surface area contributed by atoms with Crippen LogP contribution in [0.15, 0.2) is 36.4 Å². The maximum absolute atomic E-state index is 14.1. The van der Waals surface area contributed by atoms with Gasteiger partial charge in [-0.15, -0.1) is 0 Å². The smallest absolute Gasteiger partial charge is 0.134 e. The number of benzene rings is 1. The number of pyridine rings is 2. The van der Waals surface area contributed by atoms with Gasteiger partial charge in [-0.05, 0) is 37.3 Å². The van der Waals surface area contributed by atoms with Crippen molar-refractivity contribution in [3.63, 3.8) is 0 Å². The standard InChI is InChI=1S/C15H9Cl2FN2/c1-8-2-4-11-13(19-8)7-14(17)20-15(11)10-5-3-9(16)6-12(10)18/h2-7H,1H3. The van der Waals surface area contributed by atoms with E-state index in [1.54, 1.807) is 18.2 Å². The number of fused-ring (bicyclic) bond motifs is 1. The van der Waals surface area contributed by atoms with Crippen molar-refractivity contribution in [2.24, 2.45) is 0 Å². The molecule has 5 heteroatoms. The van der Waals surface area contributed by atoms with Crippen LogP contribution in [0.2, 0.25) is 10.2 Å². The van der Waals surface area contributed by atoms with Crippen LogP contribution < -0.4 is 0 Å². The van der Waals surface area contributed by atoms with Crippen molar-refractivity contribution in [3.05, 3.63) is 58.1 Å². The molecule has 2 heterocycles. The lowest BCUT2D eigenvalue weighted by Crippen LogP contribution is -1.93. The van der Waals surface area contributed by atoms with Gasteiger partial charge in [-0.3, -0.25) is 4.98 Å². The minimum atomic E-state index is -0.436. The minimum absolute atomic E-state index is 0.278. The predicted molar refractivity (Wildman–Crippen MR) is 79.7 cm³/mol. The van der Waals surface area contributed by atoms with Crippen LogP contribution in [0.4, 0.5) is 4.39 Å². The lowest BCUT2D eigenvalue weighted by atomic mass is 10.1. The van der Waals surface area contributed by atoms with E-state index >= 15 is 0 Å². The Hall–Kier alpha value is -1.71. The molecular weight excluding hydrogens is 298 g/mol. The molecule has 0 radical (unpaired) electrons. The van der Waals surface area contributed by atoms with E-state index in [0.29, 0.717) is 21.8 Å². The molecule has 1 aromatic carbocycles. The molecule has 0 N–H and O–H groups in total. The quantitative estimate of drug-likeness (QED) is 0.588. The highest BCUT2D eigenvalue weighted by Crippen LogP contribution is 2.31. The predicted octanol–water partition coefficient (Wildman–Crippen LogP) is 5.05. The molecule has 0 unspecified atom stereocenters. The molecule has 3 rings (SSSR count). The van der Waals surface area contributed by atoms with E-state index in [-0.39, 0.29) is 5.15 Å². The van der Waals surface area contributed by atoms with Crippen molar-refractivity contribution >= 4 is 34.1 Å². The van der Waals surface area contributed by atoms with E-state index in [9.17, 15) is 4.39 Å². The Morgan fingerprint density at radius 1 is 1.00 bits per heavy atom. The summed E-state index contributed by atoms with van der Waals surface area (Å²) in [6.45, 7) is 1.89. The van der Waals surface area contributed by atoms with Crippen LogP contribution in [-0.4, -0.2) is 9.97 Å². The maximum Gasteiger partial charge on any atom is 0.134 e. The Kier molecular flexibility index (Phi) is 3.32. The molecule has 0 aliphatic carbocycles. The van der Waals surface area contributed by atoms with E-state index in [2.05, 4.69) is 9.97 Å². The SMILES string of the molecule is Cc1ccc2c(-c3ccc(Cl)cc3F)nc(Cl)cc2n1. The van der Waals surface area contributed by atoms with Gasteiger partial charge >= 0.3 is 0 Å². The molecule has 0 amide bonds. The van der Waals surface area contributed by atoms with E-state index in [1.165, 1.54) is 6.07 Å². The van der Waals surface area contributed by atoms with Crippen molar-refractivity contribution in [2.45, 2.75) is 6.92 Å². The number of nitrogens with zero attached hydrogens (tertiary/aromatic N) is 2. The Morgan fingerprint density at radius 3 is 2.55 bits per heavy atom. The van der Waals surface area contributed by atoms with Crippen molar-refractivity contribution in [2.75, 3.05) is 0 Å². The summed E-state index contributed by atoms with van der Waals surface area (Å²) in [6, 6.07) is 9.86. The third-order valence-electron chi connectivity index (χ3n) is 2.98. The first kappa shape index (κ1) is 13.3. The van der Waals surface area contributed by atoms with Gasteiger partial charge in [-0.2, -0.15) is 0 Å². The van der Waals surface area contributed by atoms with Gasteiger partial charge in [0.15, 0.2) is 0 Å². The van der Waals surface area contributed by atoms with Crippen molar-refractivity contribution < 1.29 is 4.39 Å². The molecule has 20 heavy (non-hydrogen) atoms. The average Bonchev–Trinajstić information content (AvgIpc) is 2.37. The molecule has 100 valence electrons. The number of rotatable bonds is 1. The molecule has 2 nitrogen and oxygen atoms in total. The van der Waals surface area contributed by atoms with Crippen LogP contribution >= 0.6 is 23.2 Å². The van der Waals surface area contributed by atoms with Gasteiger partial charge in [0.05, 0.1) is 11.2 Å². The zero-order chi connectivity index (χ0) is 14.3. The van der Waals surface area contributed by atoms with Crippen molar-refractivity contribution in [1.82, 2.24) is 9.97 Å². The number of hydrogen-bond acceptors (Lipinski definition) is 2. The monoisotopic (exact) mass is 306 g/mol. The van der Waals surface area contributed by atoms with Gasteiger partial charge in [0, 0.05) is 27.7 Å². The summed E-state index contributed by atoms with van der Waals surface area (Å²) in [5, 5.41) is 1.37. The first-order chi connectivity index (χ1) is 9.54. The van der Waals surface area contributed by atoms with E-state index in [1.807, 2.05) is 19.1 Å². The Labute approximate surface area is 125 Å². The number of hydrogen-bond donors (Lipinski definition) is 0. The third-order valence-corrected chi connectivity index (χ3v) is 3.41. The van der Waals surface area contributed by atoms with Crippen LogP contribution in [-0.2, 0) is 0 Å². The minimum Gasteiger partial charge on any atom is -0.253 e. The zero-order valence-electron chi connectivity index (χ0n) is 10.5. The summed E-state index contributed by atoms with van der Waals surface area (Å²) in [4.78, 5) is 8.63. The fraction of sp³-hybridized carbons (Fsp3) is 0.0667. The highest BCUT2D eigenvalue weighted by molar-refractivity contribution is 6.31. The summed E-state index contributed by atoms with van der Waals surface area (Å²) in [5.41, 5.74) is 2.37. The maximum atomic E-state index is 14.1. The van der Waals surface area contributed by atoms with Gasteiger partial charge < -0.3 is 0 Å². The average molecular weight is 307 g/mol. The van der Waals surface area contributed by atoms with Crippen LogP contribution in [0.3, 0.4) is 0 Å². The molecule has 0 spiro atoms. The van der Waals surface area contributed by atoms with Crippen LogP contribution in [0, 0.1) is 12.7 Å². The summed E-state index contributed by atoms with van der Waals surface area (Å²) in [5.74, 6) is -0.436. The number of aryl methyl sites for hydroxylation is 1. The molecule has 0 aliphatic rings. The fourth-order valence-corrected chi connectivity index (χ4v) is 2.43. The summed E-state index contributed by atoms with van der Waals surface area (Å²) in [7, 11) is 0. The van der Waals surface area contributed by atoms with Crippen LogP contribution in [0.1, 0.15) is 5.69 Å². The summed E-state index contributed by atoms with van der Waals surface area (Å²) >= 11 is 11.8. The van der Waals surface area contributed by atoms with Crippen molar-refractivity contribution in [3.8, 4) is 11.3 Å². The first-order valence-corrected chi connectivity index (χ1v) is 6.69. The Bertz CT molecular complexity index is 813. The van der Waals surface area contributed by atoms with E-state index in [4.69, 9.17) is 23.2 Å². The lowest BCUT2D eigenvalue weighted by Gasteiger charge is -2.08. The second kappa shape index (κ2) is 5.00. The van der Waals surface area contributed by atoms with Gasteiger partial charge in [0.2, 0.25) is 0 Å². The Morgan fingerprint density at radius 2 is 1.80 bits per heavy atom. The van der Waals surface area contributed by atoms with Gasteiger partial charge in [0.25, 0.3) is 0 Å². The molecule has 0 saturated carbocycles.